The molecule has 0 spiro atoms. The Balaban J connectivity index is 1.71. The number of carbonyl (C=O) groups is 1. The van der Waals surface area contributed by atoms with E-state index in [2.05, 4.69) is 17.4 Å². The molecule has 0 heterocycles. The maximum absolute atomic E-state index is 12.3. The van der Waals surface area contributed by atoms with Crippen molar-refractivity contribution in [1.29, 1.82) is 0 Å². The van der Waals surface area contributed by atoms with Gasteiger partial charge in [-0.25, -0.2) is 0 Å². The molecular formula is C19H21NO. The Morgan fingerprint density at radius 2 is 1.67 bits per heavy atom. The highest BCUT2D eigenvalue weighted by atomic mass is 16.1. The lowest BCUT2D eigenvalue weighted by Gasteiger charge is -2.11. The van der Waals surface area contributed by atoms with E-state index in [9.17, 15) is 4.79 Å². The minimum Gasteiger partial charge on any atom is -0.322 e. The van der Waals surface area contributed by atoms with Gasteiger partial charge >= 0.3 is 0 Å². The standard InChI is InChI=1S/C19H21NO/c1-14-6-2-5-9-18(14)20-19(21)17-12-10-16(11-13-17)15-7-3-4-8-15/h2,5-6,9-13,15H,3-4,7-8H2,1H3,(H,20,21). The molecule has 0 aromatic heterocycles. The summed E-state index contributed by atoms with van der Waals surface area (Å²) >= 11 is 0. The molecule has 0 aliphatic heterocycles. The van der Waals surface area contributed by atoms with E-state index in [-0.39, 0.29) is 5.91 Å². The van der Waals surface area contributed by atoms with Crippen LogP contribution in [0.4, 0.5) is 5.69 Å². The van der Waals surface area contributed by atoms with Crippen LogP contribution < -0.4 is 5.32 Å². The van der Waals surface area contributed by atoms with Crippen molar-refractivity contribution >= 4 is 11.6 Å². The van der Waals surface area contributed by atoms with Gasteiger partial charge in [-0.1, -0.05) is 43.2 Å². The average molecular weight is 279 g/mol. The molecule has 0 unspecified atom stereocenters. The quantitative estimate of drug-likeness (QED) is 0.850. The average Bonchev–Trinajstić information content (AvgIpc) is 3.04. The van der Waals surface area contributed by atoms with Gasteiger partial charge < -0.3 is 5.32 Å². The number of hydrogen-bond acceptors (Lipinski definition) is 1. The maximum Gasteiger partial charge on any atom is 0.255 e. The number of nitrogens with one attached hydrogen (secondary N) is 1. The van der Waals surface area contributed by atoms with Crippen molar-refractivity contribution in [2.24, 2.45) is 0 Å². The predicted octanol–water partition coefficient (Wildman–Crippen LogP) is 4.90. The van der Waals surface area contributed by atoms with Crippen LogP contribution in [0.15, 0.2) is 48.5 Å². The van der Waals surface area contributed by atoms with Gasteiger partial charge in [0, 0.05) is 11.3 Å². The lowest BCUT2D eigenvalue weighted by atomic mass is 9.96. The van der Waals surface area contributed by atoms with Gasteiger partial charge in [0.25, 0.3) is 5.91 Å². The van der Waals surface area contributed by atoms with Gasteiger partial charge in [0.1, 0.15) is 0 Å². The van der Waals surface area contributed by atoms with E-state index in [0.717, 1.165) is 16.8 Å². The summed E-state index contributed by atoms with van der Waals surface area (Å²) < 4.78 is 0. The first-order valence-corrected chi connectivity index (χ1v) is 7.71. The lowest BCUT2D eigenvalue weighted by Crippen LogP contribution is -2.12. The summed E-state index contributed by atoms with van der Waals surface area (Å²) in [4.78, 5) is 12.3. The zero-order chi connectivity index (χ0) is 14.7. The van der Waals surface area contributed by atoms with E-state index >= 15 is 0 Å². The molecule has 0 radical (unpaired) electrons. The summed E-state index contributed by atoms with van der Waals surface area (Å²) in [6.45, 7) is 2.00. The predicted molar refractivity (Wildman–Crippen MR) is 86.8 cm³/mol. The molecule has 1 fully saturated rings. The molecule has 1 amide bonds. The largest absolute Gasteiger partial charge is 0.322 e. The van der Waals surface area contributed by atoms with Crippen LogP contribution in [0.2, 0.25) is 0 Å². The summed E-state index contributed by atoms with van der Waals surface area (Å²) in [5.41, 5.74) is 4.05. The van der Waals surface area contributed by atoms with Crippen LogP contribution >= 0.6 is 0 Å². The molecule has 0 bridgehead atoms. The highest BCUT2D eigenvalue weighted by molar-refractivity contribution is 6.04. The van der Waals surface area contributed by atoms with Crippen LogP contribution in [0, 0.1) is 6.92 Å². The van der Waals surface area contributed by atoms with Crippen molar-refractivity contribution in [3.05, 3.63) is 65.2 Å². The van der Waals surface area contributed by atoms with Crippen LogP contribution in [0.25, 0.3) is 0 Å². The second-order valence-corrected chi connectivity index (χ2v) is 5.87. The van der Waals surface area contributed by atoms with Gasteiger partial charge in [0.05, 0.1) is 0 Å². The van der Waals surface area contributed by atoms with Crippen molar-refractivity contribution in [2.75, 3.05) is 5.32 Å². The Kier molecular flexibility index (Phi) is 4.05. The molecule has 2 aromatic rings. The highest BCUT2D eigenvalue weighted by Gasteiger charge is 2.17. The molecule has 1 saturated carbocycles. The summed E-state index contributed by atoms with van der Waals surface area (Å²) in [6, 6.07) is 16.0. The number of para-hydroxylation sites is 1. The number of amides is 1. The fraction of sp³-hybridized carbons (Fsp3) is 0.316. The van der Waals surface area contributed by atoms with Gasteiger partial charge in [-0.05, 0) is 55.0 Å². The Morgan fingerprint density at radius 3 is 2.33 bits per heavy atom. The van der Waals surface area contributed by atoms with Crippen LogP contribution in [0.3, 0.4) is 0 Å². The molecule has 0 atom stereocenters. The summed E-state index contributed by atoms with van der Waals surface area (Å²) in [5, 5.41) is 2.98. The topological polar surface area (TPSA) is 29.1 Å². The number of hydrogen-bond donors (Lipinski definition) is 1. The first-order chi connectivity index (χ1) is 10.2. The molecular weight excluding hydrogens is 258 g/mol. The van der Waals surface area contributed by atoms with E-state index in [1.54, 1.807) is 0 Å². The number of rotatable bonds is 3. The fourth-order valence-corrected chi connectivity index (χ4v) is 3.07. The van der Waals surface area contributed by atoms with Gasteiger partial charge in [-0.3, -0.25) is 4.79 Å². The van der Waals surface area contributed by atoms with Crippen molar-refractivity contribution in [3.63, 3.8) is 0 Å². The summed E-state index contributed by atoms with van der Waals surface area (Å²) in [6.07, 6.45) is 5.24. The maximum atomic E-state index is 12.3. The minimum atomic E-state index is -0.0396. The third kappa shape index (κ3) is 3.15. The third-order valence-corrected chi connectivity index (χ3v) is 4.39. The van der Waals surface area contributed by atoms with Gasteiger partial charge in [0.15, 0.2) is 0 Å². The second kappa shape index (κ2) is 6.13. The molecule has 1 aliphatic rings. The van der Waals surface area contributed by atoms with Gasteiger partial charge in [-0.15, -0.1) is 0 Å². The normalized spacial score (nSPS) is 15.1. The van der Waals surface area contributed by atoms with E-state index < -0.39 is 0 Å². The van der Waals surface area contributed by atoms with E-state index in [1.165, 1.54) is 31.2 Å². The van der Waals surface area contributed by atoms with Crippen molar-refractivity contribution in [2.45, 2.75) is 38.5 Å². The van der Waals surface area contributed by atoms with Crippen LogP contribution in [-0.2, 0) is 0 Å². The first-order valence-electron chi connectivity index (χ1n) is 7.71. The molecule has 1 aliphatic carbocycles. The smallest absolute Gasteiger partial charge is 0.255 e. The molecule has 108 valence electrons. The molecule has 2 aromatic carbocycles. The first kappa shape index (κ1) is 13.9. The van der Waals surface area contributed by atoms with E-state index in [4.69, 9.17) is 0 Å². The molecule has 2 heteroatoms. The Labute approximate surface area is 126 Å². The van der Waals surface area contributed by atoms with Crippen molar-refractivity contribution in [1.82, 2.24) is 0 Å². The molecule has 3 rings (SSSR count). The highest BCUT2D eigenvalue weighted by Crippen LogP contribution is 2.34. The van der Waals surface area contributed by atoms with E-state index in [1.807, 2.05) is 43.3 Å². The van der Waals surface area contributed by atoms with Crippen LogP contribution in [0.5, 0.6) is 0 Å². The molecule has 1 N–H and O–H groups in total. The lowest BCUT2D eigenvalue weighted by molar-refractivity contribution is 0.102. The van der Waals surface area contributed by atoms with Gasteiger partial charge in [0.2, 0.25) is 0 Å². The van der Waals surface area contributed by atoms with E-state index in [0.29, 0.717) is 5.92 Å². The monoisotopic (exact) mass is 279 g/mol. The van der Waals surface area contributed by atoms with Crippen LogP contribution in [0.1, 0.15) is 53.1 Å². The molecule has 0 saturated heterocycles. The minimum absolute atomic E-state index is 0.0396. The van der Waals surface area contributed by atoms with Crippen molar-refractivity contribution in [3.8, 4) is 0 Å². The van der Waals surface area contributed by atoms with Crippen molar-refractivity contribution < 1.29 is 4.79 Å². The number of benzene rings is 2. The Morgan fingerprint density at radius 1 is 1.00 bits per heavy atom. The van der Waals surface area contributed by atoms with Crippen LogP contribution in [-0.4, -0.2) is 5.91 Å². The molecule has 2 nitrogen and oxygen atoms in total. The fourth-order valence-electron chi connectivity index (χ4n) is 3.07. The molecule has 21 heavy (non-hydrogen) atoms. The summed E-state index contributed by atoms with van der Waals surface area (Å²) in [5.74, 6) is 0.653. The van der Waals surface area contributed by atoms with Gasteiger partial charge in [-0.2, -0.15) is 0 Å². The zero-order valence-electron chi connectivity index (χ0n) is 12.4. The Bertz CT molecular complexity index is 624. The Hall–Kier alpha value is -2.09. The second-order valence-electron chi connectivity index (χ2n) is 5.87. The number of aryl methyl sites for hydroxylation is 1. The zero-order valence-corrected chi connectivity index (χ0v) is 12.4. The number of carbonyl (C=O) groups excluding carboxylic acids is 1. The SMILES string of the molecule is Cc1ccccc1NC(=O)c1ccc(C2CCCC2)cc1. The third-order valence-electron chi connectivity index (χ3n) is 4.39. The number of anilines is 1. The summed E-state index contributed by atoms with van der Waals surface area (Å²) in [7, 11) is 0.